The molecule has 0 amide bonds. The predicted octanol–water partition coefficient (Wildman–Crippen LogP) is 4.07. The van der Waals surface area contributed by atoms with Gasteiger partial charge in [-0.05, 0) is 11.8 Å². The van der Waals surface area contributed by atoms with Crippen molar-refractivity contribution in [3.63, 3.8) is 0 Å². The molecule has 2 N–H and O–H groups in total. The summed E-state index contributed by atoms with van der Waals surface area (Å²) in [7, 11) is 0. The van der Waals surface area contributed by atoms with Gasteiger partial charge in [-0.25, -0.2) is 0 Å². The molecule has 3 heteroatoms. The Hall–Kier alpha value is -2.81. The van der Waals surface area contributed by atoms with E-state index >= 15 is 0 Å². The van der Waals surface area contributed by atoms with Gasteiger partial charge in [0.05, 0.1) is 0 Å². The normalized spacial score (nSPS) is 10.7. The molecule has 110 valence electrons. The highest BCUT2D eigenvalue weighted by Gasteiger charge is 2.13. The molecular weight excluding hydrogens is 276 g/mol. The molecule has 0 saturated heterocycles. The quantitative estimate of drug-likeness (QED) is 0.713. The third-order valence-corrected chi connectivity index (χ3v) is 3.81. The summed E-state index contributed by atoms with van der Waals surface area (Å²) in [4.78, 5) is 12.2. The van der Waals surface area contributed by atoms with Crippen LogP contribution in [0.3, 0.4) is 0 Å². The number of fused-ring (bicyclic) bond motifs is 1. The number of aryl methyl sites for hydroxylation is 1. The topological polar surface area (TPSA) is 57.5 Å². The zero-order valence-electron chi connectivity index (χ0n) is 12.0. The molecule has 3 aromatic rings. The molecule has 0 heterocycles. The lowest BCUT2D eigenvalue weighted by Gasteiger charge is -2.10. The highest BCUT2D eigenvalue weighted by molar-refractivity contribution is 5.97. The largest absolute Gasteiger partial charge is 0.508 e. The Balaban J connectivity index is 1.90. The Labute approximate surface area is 128 Å². The van der Waals surface area contributed by atoms with Crippen LogP contribution in [-0.4, -0.2) is 16.0 Å². The van der Waals surface area contributed by atoms with E-state index in [-0.39, 0.29) is 17.3 Å². The van der Waals surface area contributed by atoms with E-state index in [0.717, 1.165) is 5.39 Å². The van der Waals surface area contributed by atoms with Crippen LogP contribution in [0.1, 0.15) is 22.3 Å². The van der Waals surface area contributed by atoms with Gasteiger partial charge in [0, 0.05) is 29.0 Å². The van der Waals surface area contributed by atoms with Crippen molar-refractivity contribution in [3.8, 4) is 11.5 Å². The smallest absolute Gasteiger partial charge is 0.163 e. The molecular formula is C19H16O3. The minimum absolute atomic E-state index is 0.0251. The number of phenols is 2. The zero-order valence-corrected chi connectivity index (χ0v) is 12.0. The number of phenolic OH excluding ortho intramolecular Hbond substituents is 2. The van der Waals surface area contributed by atoms with Gasteiger partial charge in [0.2, 0.25) is 0 Å². The molecule has 0 spiro atoms. The minimum Gasteiger partial charge on any atom is -0.508 e. The Morgan fingerprint density at radius 2 is 1.45 bits per heavy atom. The minimum atomic E-state index is 0.0251. The van der Waals surface area contributed by atoms with Gasteiger partial charge in [-0.2, -0.15) is 0 Å². The molecule has 3 aromatic carbocycles. The summed E-state index contributed by atoms with van der Waals surface area (Å²) < 4.78 is 0. The summed E-state index contributed by atoms with van der Waals surface area (Å²) in [5.41, 5.74) is 1.36. The molecule has 22 heavy (non-hydrogen) atoms. The van der Waals surface area contributed by atoms with Gasteiger partial charge in [0.15, 0.2) is 5.78 Å². The number of rotatable bonds is 4. The van der Waals surface area contributed by atoms with Crippen molar-refractivity contribution in [2.75, 3.05) is 0 Å². The number of ketones is 1. The fraction of sp³-hybridized carbons (Fsp3) is 0.105. The molecule has 3 rings (SSSR count). The lowest BCUT2D eigenvalue weighted by molar-refractivity contribution is 0.0983. The second kappa shape index (κ2) is 5.90. The lowest BCUT2D eigenvalue weighted by atomic mass is 9.96. The van der Waals surface area contributed by atoms with E-state index in [4.69, 9.17) is 0 Å². The van der Waals surface area contributed by atoms with Crippen molar-refractivity contribution in [1.82, 2.24) is 0 Å². The first kappa shape index (κ1) is 14.1. The first-order valence-electron chi connectivity index (χ1n) is 7.17. The Morgan fingerprint density at radius 3 is 2.18 bits per heavy atom. The van der Waals surface area contributed by atoms with Crippen LogP contribution in [0.15, 0.2) is 60.7 Å². The summed E-state index contributed by atoms with van der Waals surface area (Å²) >= 11 is 0. The predicted molar refractivity (Wildman–Crippen MR) is 86.4 cm³/mol. The molecule has 0 radical (unpaired) electrons. The second-order valence-corrected chi connectivity index (χ2v) is 5.23. The number of hydrogen-bond donors (Lipinski definition) is 2. The van der Waals surface area contributed by atoms with Crippen LogP contribution < -0.4 is 0 Å². The molecule has 0 atom stereocenters. The van der Waals surface area contributed by atoms with E-state index in [1.807, 2.05) is 36.4 Å². The maximum Gasteiger partial charge on any atom is 0.163 e. The van der Waals surface area contributed by atoms with Gasteiger partial charge in [-0.3, -0.25) is 4.79 Å². The molecule has 0 bridgehead atoms. The summed E-state index contributed by atoms with van der Waals surface area (Å²) in [5.74, 6) is 0.112. The van der Waals surface area contributed by atoms with E-state index in [1.165, 1.54) is 6.07 Å². The molecule has 0 aliphatic heterocycles. The van der Waals surface area contributed by atoms with Crippen molar-refractivity contribution in [2.45, 2.75) is 12.8 Å². The standard InChI is InChI=1S/C19H16O3/c20-17(13-6-2-1-3-7-13)11-10-16-14-8-4-5-9-15(14)18(21)12-19(16)22/h1-9,12,21-22H,10-11H2. The van der Waals surface area contributed by atoms with E-state index in [1.54, 1.807) is 18.2 Å². The molecule has 0 aromatic heterocycles. The molecule has 0 aliphatic rings. The molecule has 0 fully saturated rings. The van der Waals surface area contributed by atoms with Crippen LogP contribution in [0.2, 0.25) is 0 Å². The third kappa shape index (κ3) is 2.66. The van der Waals surface area contributed by atoms with Crippen LogP contribution in [0.4, 0.5) is 0 Å². The maximum atomic E-state index is 12.2. The molecule has 0 saturated carbocycles. The lowest BCUT2D eigenvalue weighted by Crippen LogP contribution is -2.01. The molecule has 3 nitrogen and oxygen atoms in total. The SMILES string of the molecule is O=C(CCc1c(O)cc(O)c2ccccc12)c1ccccc1. The van der Waals surface area contributed by atoms with Crippen LogP contribution >= 0.6 is 0 Å². The van der Waals surface area contributed by atoms with Gasteiger partial charge >= 0.3 is 0 Å². The van der Waals surface area contributed by atoms with Gasteiger partial charge in [0.25, 0.3) is 0 Å². The molecule has 0 unspecified atom stereocenters. The fourth-order valence-corrected chi connectivity index (χ4v) is 2.67. The summed E-state index contributed by atoms with van der Waals surface area (Å²) in [6, 6.07) is 17.8. The summed E-state index contributed by atoms with van der Waals surface area (Å²) in [6.07, 6.45) is 0.743. The van der Waals surface area contributed by atoms with E-state index < -0.39 is 0 Å². The van der Waals surface area contributed by atoms with Crippen LogP contribution in [0, 0.1) is 0 Å². The van der Waals surface area contributed by atoms with Gasteiger partial charge in [-0.1, -0.05) is 54.6 Å². The first-order valence-corrected chi connectivity index (χ1v) is 7.17. The van der Waals surface area contributed by atoms with Crippen LogP contribution in [-0.2, 0) is 6.42 Å². The highest BCUT2D eigenvalue weighted by atomic mass is 16.3. The van der Waals surface area contributed by atoms with Crippen molar-refractivity contribution in [1.29, 1.82) is 0 Å². The number of carbonyl (C=O) groups is 1. The van der Waals surface area contributed by atoms with Gasteiger partial charge in [0.1, 0.15) is 11.5 Å². The number of hydrogen-bond acceptors (Lipinski definition) is 3. The first-order chi connectivity index (χ1) is 10.7. The van der Waals surface area contributed by atoms with Gasteiger partial charge in [-0.15, -0.1) is 0 Å². The molecule has 0 aliphatic carbocycles. The van der Waals surface area contributed by atoms with Crippen LogP contribution in [0.5, 0.6) is 11.5 Å². The summed E-state index contributed by atoms with van der Waals surface area (Å²) in [6.45, 7) is 0. The maximum absolute atomic E-state index is 12.2. The third-order valence-electron chi connectivity index (χ3n) is 3.81. The second-order valence-electron chi connectivity index (χ2n) is 5.23. The average Bonchev–Trinajstić information content (AvgIpc) is 2.55. The van der Waals surface area contributed by atoms with Crippen molar-refractivity contribution in [3.05, 3.63) is 71.8 Å². The van der Waals surface area contributed by atoms with E-state index in [2.05, 4.69) is 0 Å². The van der Waals surface area contributed by atoms with E-state index in [0.29, 0.717) is 29.4 Å². The summed E-state index contributed by atoms with van der Waals surface area (Å²) in [5, 5.41) is 21.5. The van der Waals surface area contributed by atoms with Crippen molar-refractivity contribution in [2.24, 2.45) is 0 Å². The Bertz CT molecular complexity index is 823. The van der Waals surface area contributed by atoms with Crippen molar-refractivity contribution >= 4 is 16.6 Å². The van der Waals surface area contributed by atoms with E-state index in [9.17, 15) is 15.0 Å². The Kier molecular flexibility index (Phi) is 3.79. The van der Waals surface area contributed by atoms with Crippen molar-refractivity contribution < 1.29 is 15.0 Å². The number of Topliss-reactive ketones (excluding diaryl/α,β-unsaturated/α-hetero) is 1. The number of aromatic hydroxyl groups is 2. The Morgan fingerprint density at radius 1 is 0.818 bits per heavy atom. The zero-order chi connectivity index (χ0) is 15.5. The van der Waals surface area contributed by atoms with Gasteiger partial charge < -0.3 is 10.2 Å². The monoisotopic (exact) mass is 292 g/mol. The highest BCUT2D eigenvalue weighted by Crippen LogP contribution is 2.35. The number of carbonyl (C=O) groups excluding carboxylic acids is 1. The van der Waals surface area contributed by atoms with Crippen LogP contribution in [0.25, 0.3) is 10.8 Å². The average molecular weight is 292 g/mol. The fourth-order valence-electron chi connectivity index (χ4n) is 2.67. The number of benzene rings is 3.